The summed E-state index contributed by atoms with van der Waals surface area (Å²) in [5.41, 5.74) is -1.47. The van der Waals surface area contributed by atoms with E-state index >= 15 is 0 Å². The molecule has 0 radical (unpaired) electrons. The standard InChI is InChI=1S/C16H21ClO5/c1-4-16(14(18)20-5-2,15(19)21-6-3)11-22-13-9-7-12(17)8-10-13/h7-10H,4-6,11H2,1-3H3. The Morgan fingerprint density at radius 2 is 1.50 bits per heavy atom. The monoisotopic (exact) mass is 328 g/mol. The normalized spacial score (nSPS) is 10.9. The summed E-state index contributed by atoms with van der Waals surface area (Å²) in [5, 5.41) is 0.574. The van der Waals surface area contributed by atoms with Crippen LogP contribution in [-0.2, 0) is 19.1 Å². The quantitative estimate of drug-likeness (QED) is 0.541. The van der Waals surface area contributed by atoms with Gasteiger partial charge in [-0.05, 0) is 44.5 Å². The molecule has 0 saturated carbocycles. The van der Waals surface area contributed by atoms with Gasteiger partial charge in [-0.15, -0.1) is 0 Å². The maximum absolute atomic E-state index is 12.3. The number of esters is 2. The second-order valence-electron chi connectivity index (χ2n) is 4.62. The summed E-state index contributed by atoms with van der Waals surface area (Å²) in [6, 6.07) is 6.66. The van der Waals surface area contributed by atoms with Gasteiger partial charge in [0.1, 0.15) is 12.4 Å². The van der Waals surface area contributed by atoms with Crippen LogP contribution < -0.4 is 4.74 Å². The number of carbonyl (C=O) groups excluding carboxylic acids is 2. The molecule has 0 N–H and O–H groups in total. The molecule has 1 aromatic rings. The number of hydrogen-bond donors (Lipinski definition) is 0. The molecule has 0 heterocycles. The summed E-state index contributed by atoms with van der Waals surface area (Å²) in [7, 11) is 0. The largest absolute Gasteiger partial charge is 0.492 e. The predicted molar refractivity (Wildman–Crippen MR) is 82.9 cm³/mol. The van der Waals surface area contributed by atoms with Gasteiger partial charge in [-0.1, -0.05) is 18.5 Å². The van der Waals surface area contributed by atoms with Crippen LogP contribution in [0.25, 0.3) is 0 Å². The number of halogens is 1. The highest BCUT2D eigenvalue weighted by molar-refractivity contribution is 6.30. The molecular formula is C16H21ClO5. The third-order valence-electron chi connectivity index (χ3n) is 3.23. The molecule has 5 nitrogen and oxygen atoms in total. The van der Waals surface area contributed by atoms with E-state index in [-0.39, 0.29) is 26.2 Å². The number of carbonyl (C=O) groups is 2. The summed E-state index contributed by atoms with van der Waals surface area (Å²) in [5.74, 6) is -0.759. The van der Waals surface area contributed by atoms with E-state index in [1.54, 1.807) is 45.0 Å². The van der Waals surface area contributed by atoms with Crippen LogP contribution in [0, 0.1) is 5.41 Å². The first-order valence-electron chi connectivity index (χ1n) is 7.23. The average molecular weight is 329 g/mol. The Hall–Kier alpha value is -1.75. The first-order valence-corrected chi connectivity index (χ1v) is 7.60. The molecule has 22 heavy (non-hydrogen) atoms. The van der Waals surface area contributed by atoms with E-state index in [4.69, 9.17) is 25.8 Å². The van der Waals surface area contributed by atoms with Crippen molar-refractivity contribution in [2.24, 2.45) is 5.41 Å². The molecule has 0 unspecified atom stereocenters. The Morgan fingerprint density at radius 3 is 1.91 bits per heavy atom. The summed E-state index contributed by atoms with van der Waals surface area (Å²) in [6.07, 6.45) is 0.220. The summed E-state index contributed by atoms with van der Waals surface area (Å²) in [4.78, 5) is 24.5. The van der Waals surface area contributed by atoms with Gasteiger partial charge in [0.05, 0.1) is 13.2 Å². The van der Waals surface area contributed by atoms with Crippen molar-refractivity contribution in [1.29, 1.82) is 0 Å². The molecular weight excluding hydrogens is 308 g/mol. The van der Waals surface area contributed by atoms with E-state index in [0.717, 1.165) is 0 Å². The SMILES string of the molecule is CCOC(=O)C(CC)(COc1ccc(Cl)cc1)C(=O)OCC. The van der Waals surface area contributed by atoms with Gasteiger partial charge in [0.2, 0.25) is 0 Å². The van der Waals surface area contributed by atoms with E-state index in [0.29, 0.717) is 10.8 Å². The molecule has 0 aliphatic heterocycles. The van der Waals surface area contributed by atoms with Crippen molar-refractivity contribution in [3.05, 3.63) is 29.3 Å². The fourth-order valence-corrected chi connectivity index (χ4v) is 1.99. The predicted octanol–water partition coefficient (Wildman–Crippen LogP) is 3.24. The van der Waals surface area contributed by atoms with Crippen molar-refractivity contribution < 1.29 is 23.8 Å². The van der Waals surface area contributed by atoms with Crippen LogP contribution in [0.5, 0.6) is 5.75 Å². The third-order valence-corrected chi connectivity index (χ3v) is 3.49. The van der Waals surface area contributed by atoms with Crippen LogP contribution in [-0.4, -0.2) is 31.8 Å². The number of hydrogen-bond acceptors (Lipinski definition) is 5. The van der Waals surface area contributed by atoms with Crippen molar-refractivity contribution in [3.8, 4) is 5.75 Å². The van der Waals surface area contributed by atoms with Gasteiger partial charge in [-0.25, -0.2) is 0 Å². The fourth-order valence-electron chi connectivity index (χ4n) is 1.87. The minimum absolute atomic E-state index is 0.150. The second kappa shape index (κ2) is 8.63. The van der Waals surface area contributed by atoms with Gasteiger partial charge in [-0.3, -0.25) is 9.59 Å². The molecule has 122 valence electrons. The molecule has 0 fully saturated rings. The number of ether oxygens (including phenoxy) is 3. The van der Waals surface area contributed by atoms with Crippen LogP contribution in [0.1, 0.15) is 27.2 Å². The van der Waals surface area contributed by atoms with Crippen molar-refractivity contribution >= 4 is 23.5 Å². The minimum atomic E-state index is -1.47. The highest BCUT2D eigenvalue weighted by atomic mass is 35.5. The van der Waals surface area contributed by atoms with Crippen molar-refractivity contribution in [2.75, 3.05) is 19.8 Å². The Balaban J connectivity index is 2.95. The Kier molecular flexibility index (Phi) is 7.18. The highest BCUT2D eigenvalue weighted by Crippen LogP contribution is 2.28. The maximum atomic E-state index is 12.3. The molecule has 1 aromatic carbocycles. The molecule has 0 spiro atoms. The lowest BCUT2D eigenvalue weighted by atomic mass is 9.86. The van der Waals surface area contributed by atoms with Gasteiger partial charge in [-0.2, -0.15) is 0 Å². The number of benzene rings is 1. The van der Waals surface area contributed by atoms with Crippen LogP contribution >= 0.6 is 11.6 Å². The van der Waals surface area contributed by atoms with Gasteiger partial charge >= 0.3 is 11.9 Å². The topological polar surface area (TPSA) is 61.8 Å². The average Bonchev–Trinajstić information content (AvgIpc) is 2.50. The zero-order valence-electron chi connectivity index (χ0n) is 13.1. The lowest BCUT2D eigenvalue weighted by molar-refractivity contribution is -0.174. The van der Waals surface area contributed by atoms with E-state index in [1.807, 2.05) is 0 Å². The zero-order chi connectivity index (χ0) is 16.6. The van der Waals surface area contributed by atoms with E-state index in [1.165, 1.54) is 0 Å². The summed E-state index contributed by atoms with van der Waals surface area (Å²) < 4.78 is 15.7. The Morgan fingerprint density at radius 1 is 1.00 bits per heavy atom. The number of rotatable bonds is 8. The second-order valence-corrected chi connectivity index (χ2v) is 5.06. The molecule has 0 aromatic heterocycles. The zero-order valence-corrected chi connectivity index (χ0v) is 13.8. The van der Waals surface area contributed by atoms with E-state index < -0.39 is 17.4 Å². The van der Waals surface area contributed by atoms with Crippen LogP contribution in [0.3, 0.4) is 0 Å². The molecule has 1 rings (SSSR count). The smallest absolute Gasteiger partial charge is 0.327 e. The van der Waals surface area contributed by atoms with Gasteiger partial charge in [0, 0.05) is 5.02 Å². The molecule has 0 aliphatic carbocycles. The fraction of sp³-hybridized carbons (Fsp3) is 0.500. The molecule has 0 bridgehead atoms. The van der Waals surface area contributed by atoms with Crippen LogP contribution in [0.2, 0.25) is 5.02 Å². The third kappa shape index (κ3) is 4.37. The van der Waals surface area contributed by atoms with Crippen LogP contribution in [0.15, 0.2) is 24.3 Å². The molecule has 6 heteroatoms. The van der Waals surface area contributed by atoms with Gasteiger partial charge in [0.15, 0.2) is 5.41 Å². The molecule has 0 amide bonds. The molecule has 0 saturated heterocycles. The Bertz CT molecular complexity index is 480. The first kappa shape index (κ1) is 18.3. The summed E-state index contributed by atoms with van der Waals surface area (Å²) >= 11 is 5.81. The van der Waals surface area contributed by atoms with Gasteiger partial charge in [0.25, 0.3) is 0 Å². The van der Waals surface area contributed by atoms with E-state index in [2.05, 4.69) is 0 Å². The van der Waals surface area contributed by atoms with E-state index in [9.17, 15) is 9.59 Å². The molecule has 0 aliphatic rings. The van der Waals surface area contributed by atoms with Crippen molar-refractivity contribution in [1.82, 2.24) is 0 Å². The summed E-state index contributed by atoms with van der Waals surface area (Å²) in [6.45, 7) is 5.30. The van der Waals surface area contributed by atoms with Crippen molar-refractivity contribution in [3.63, 3.8) is 0 Å². The first-order chi connectivity index (χ1) is 10.5. The lowest BCUT2D eigenvalue weighted by Crippen LogP contribution is -2.46. The highest BCUT2D eigenvalue weighted by Gasteiger charge is 2.48. The van der Waals surface area contributed by atoms with Crippen LogP contribution in [0.4, 0.5) is 0 Å². The van der Waals surface area contributed by atoms with Crippen molar-refractivity contribution in [2.45, 2.75) is 27.2 Å². The Labute approximate surface area is 135 Å². The van der Waals surface area contributed by atoms with Gasteiger partial charge < -0.3 is 14.2 Å². The minimum Gasteiger partial charge on any atom is -0.492 e. The lowest BCUT2D eigenvalue weighted by Gasteiger charge is -2.27. The molecule has 0 atom stereocenters. The maximum Gasteiger partial charge on any atom is 0.327 e.